The van der Waals surface area contributed by atoms with Crippen molar-refractivity contribution in [2.24, 2.45) is 0 Å². The number of hydrogen-bond donors (Lipinski definition) is 2. The molecule has 0 amide bonds. The van der Waals surface area contributed by atoms with Crippen LogP contribution in [0.5, 0.6) is 5.75 Å². The van der Waals surface area contributed by atoms with Gasteiger partial charge in [-0.05, 0) is 29.8 Å². The molecule has 0 saturated carbocycles. The quantitative estimate of drug-likeness (QED) is 0.341. The first kappa shape index (κ1) is 21.0. The van der Waals surface area contributed by atoms with Crippen molar-refractivity contribution in [3.05, 3.63) is 71.8 Å². The van der Waals surface area contributed by atoms with Gasteiger partial charge in [-0.2, -0.15) is 0 Å². The van der Waals surface area contributed by atoms with Crippen LogP contribution in [-0.2, 0) is 6.54 Å². The van der Waals surface area contributed by atoms with Crippen LogP contribution in [-0.4, -0.2) is 31.3 Å². The molecule has 0 aliphatic rings. The number of benzene rings is 2. The third-order valence-electron chi connectivity index (χ3n) is 4.91. The number of anilines is 1. The Morgan fingerprint density at radius 2 is 1.85 bits per heavy atom. The molecule has 0 atom stereocenters. The zero-order valence-corrected chi connectivity index (χ0v) is 17.4. The van der Waals surface area contributed by atoms with Crippen LogP contribution in [0.2, 0.25) is 5.02 Å². The van der Waals surface area contributed by atoms with Crippen LogP contribution in [0.1, 0.15) is 5.56 Å². The zero-order valence-electron chi connectivity index (χ0n) is 16.7. The molecule has 0 aliphatic carbocycles. The topological polar surface area (TPSA) is 88.6 Å². The zero-order chi connectivity index (χ0) is 23.0. The van der Waals surface area contributed by atoms with Crippen LogP contribution >= 0.6 is 11.6 Å². The van der Waals surface area contributed by atoms with E-state index in [4.69, 9.17) is 11.6 Å². The van der Waals surface area contributed by atoms with Crippen LogP contribution in [0.15, 0.2) is 61.2 Å². The number of aromatic amines is 1. The first-order valence-electron chi connectivity index (χ1n) is 9.70. The molecule has 7 nitrogen and oxygen atoms in total. The van der Waals surface area contributed by atoms with Crippen molar-refractivity contribution < 1.29 is 17.9 Å². The highest BCUT2D eigenvalue weighted by atomic mass is 35.5. The van der Waals surface area contributed by atoms with Crippen molar-refractivity contribution in [3.63, 3.8) is 0 Å². The van der Waals surface area contributed by atoms with Gasteiger partial charge in [0.15, 0.2) is 11.5 Å². The van der Waals surface area contributed by atoms with Crippen molar-refractivity contribution in [3.8, 4) is 17.0 Å². The Hall–Kier alpha value is -3.92. The van der Waals surface area contributed by atoms with Crippen molar-refractivity contribution in [1.29, 1.82) is 0 Å². The van der Waals surface area contributed by atoms with E-state index in [0.29, 0.717) is 38.8 Å². The number of H-pyrrole nitrogens is 1. The Kier molecular flexibility index (Phi) is 5.21. The van der Waals surface area contributed by atoms with Gasteiger partial charge in [0.2, 0.25) is 0 Å². The molecule has 2 N–H and O–H groups in total. The first-order chi connectivity index (χ1) is 15.9. The minimum atomic E-state index is -4.85. The maximum atomic E-state index is 13.0. The van der Waals surface area contributed by atoms with E-state index in [-0.39, 0.29) is 17.9 Å². The SMILES string of the molecule is FC(F)(F)Oc1ccccc1-c1nc2c(Cl)cccc2cc1CNc1ncnc2[nH]cnc12. The molecule has 5 aromatic rings. The third-order valence-corrected chi connectivity index (χ3v) is 5.21. The Balaban J connectivity index is 1.63. The fraction of sp³-hybridized carbons (Fsp3) is 0.0909. The van der Waals surface area contributed by atoms with Gasteiger partial charge in [-0.15, -0.1) is 13.2 Å². The second kappa shape index (κ2) is 8.21. The molecule has 3 aromatic heterocycles. The Bertz CT molecular complexity index is 1470. The number of hydrogen-bond acceptors (Lipinski definition) is 6. The van der Waals surface area contributed by atoms with E-state index >= 15 is 0 Å². The minimum absolute atomic E-state index is 0.182. The van der Waals surface area contributed by atoms with Crippen LogP contribution in [0, 0.1) is 0 Å². The lowest BCUT2D eigenvalue weighted by molar-refractivity contribution is -0.274. The number of para-hydroxylation sites is 2. The number of nitrogens with one attached hydrogen (secondary N) is 2. The number of pyridine rings is 1. The lowest BCUT2D eigenvalue weighted by atomic mass is 10.0. The predicted octanol–water partition coefficient (Wildman–Crippen LogP) is 5.73. The molecule has 0 fully saturated rings. The minimum Gasteiger partial charge on any atom is -0.405 e. The largest absolute Gasteiger partial charge is 0.573 e. The number of alkyl halides is 3. The highest BCUT2D eigenvalue weighted by Gasteiger charge is 2.32. The van der Waals surface area contributed by atoms with Crippen LogP contribution in [0.3, 0.4) is 0 Å². The molecule has 166 valence electrons. The van der Waals surface area contributed by atoms with Crippen LogP contribution in [0.25, 0.3) is 33.3 Å². The monoisotopic (exact) mass is 470 g/mol. The van der Waals surface area contributed by atoms with Gasteiger partial charge in [-0.25, -0.2) is 19.9 Å². The molecular formula is C22H14ClF3N6O. The van der Waals surface area contributed by atoms with Crippen LogP contribution in [0.4, 0.5) is 19.0 Å². The summed E-state index contributed by atoms with van der Waals surface area (Å²) in [6, 6.07) is 13.0. The number of halogens is 4. The van der Waals surface area contributed by atoms with E-state index in [1.807, 2.05) is 12.1 Å². The van der Waals surface area contributed by atoms with Crippen LogP contribution < -0.4 is 10.1 Å². The van der Waals surface area contributed by atoms with Gasteiger partial charge >= 0.3 is 6.36 Å². The summed E-state index contributed by atoms with van der Waals surface area (Å²) in [6.45, 7) is 0.199. The second-order valence-electron chi connectivity index (χ2n) is 7.03. The van der Waals surface area contributed by atoms with Gasteiger partial charge in [0.1, 0.15) is 17.6 Å². The molecule has 0 bridgehead atoms. The molecule has 5 rings (SSSR count). The fourth-order valence-electron chi connectivity index (χ4n) is 3.52. The van der Waals surface area contributed by atoms with Gasteiger partial charge in [0.05, 0.1) is 22.6 Å². The fourth-order valence-corrected chi connectivity index (χ4v) is 3.75. The second-order valence-corrected chi connectivity index (χ2v) is 7.43. The van der Waals surface area contributed by atoms with E-state index in [1.54, 1.807) is 18.2 Å². The van der Waals surface area contributed by atoms with Gasteiger partial charge < -0.3 is 15.0 Å². The molecule has 0 unspecified atom stereocenters. The van der Waals surface area contributed by atoms with Gasteiger partial charge in [-0.1, -0.05) is 35.9 Å². The van der Waals surface area contributed by atoms with Crippen molar-refractivity contribution >= 4 is 39.5 Å². The smallest absolute Gasteiger partial charge is 0.405 e. The van der Waals surface area contributed by atoms with Crippen molar-refractivity contribution in [1.82, 2.24) is 24.9 Å². The lowest BCUT2D eigenvalue weighted by Crippen LogP contribution is -2.18. The summed E-state index contributed by atoms with van der Waals surface area (Å²) < 4.78 is 43.4. The summed E-state index contributed by atoms with van der Waals surface area (Å²) in [5, 5.41) is 4.30. The summed E-state index contributed by atoms with van der Waals surface area (Å²) in [7, 11) is 0. The molecular weight excluding hydrogens is 457 g/mol. The van der Waals surface area contributed by atoms with E-state index in [1.165, 1.54) is 30.9 Å². The molecule has 0 radical (unpaired) electrons. The Morgan fingerprint density at radius 1 is 1.00 bits per heavy atom. The number of imidazole rings is 1. The maximum absolute atomic E-state index is 13.0. The van der Waals surface area contributed by atoms with E-state index in [0.717, 1.165) is 5.39 Å². The molecule has 2 aromatic carbocycles. The number of rotatable bonds is 5. The molecule has 11 heteroatoms. The summed E-state index contributed by atoms with van der Waals surface area (Å²) in [5.41, 5.74) is 2.66. The normalized spacial score (nSPS) is 11.8. The van der Waals surface area contributed by atoms with E-state index in [9.17, 15) is 13.2 Å². The highest BCUT2D eigenvalue weighted by Crippen LogP contribution is 2.37. The lowest BCUT2D eigenvalue weighted by Gasteiger charge is -2.17. The maximum Gasteiger partial charge on any atom is 0.573 e. The third kappa shape index (κ3) is 4.24. The van der Waals surface area contributed by atoms with E-state index < -0.39 is 6.36 Å². The number of fused-ring (bicyclic) bond motifs is 2. The van der Waals surface area contributed by atoms with Gasteiger partial charge in [-0.3, -0.25) is 0 Å². The molecule has 0 spiro atoms. The summed E-state index contributed by atoms with van der Waals surface area (Å²) >= 11 is 6.32. The molecule has 3 heterocycles. The Morgan fingerprint density at radius 3 is 2.70 bits per heavy atom. The van der Waals surface area contributed by atoms with Crippen molar-refractivity contribution in [2.45, 2.75) is 12.9 Å². The predicted molar refractivity (Wildman–Crippen MR) is 118 cm³/mol. The first-order valence-corrected chi connectivity index (χ1v) is 10.1. The highest BCUT2D eigenvalue weighted by molar-refractivity contribution is 6.35. The number of ether oxygens (including phenoxy) is 1. The molecule has 0 aliphatic heterocycles. The molecule has 0 saturated heterocycles. The summed E-state index contributed by atoms with van der Waals surface area (Å²) in [5.74, 6) is 0.111. The average molecular weight is 471 g/mol. The number of aromatic nitrogens is 5. The standard InChI is InChI=1S/C22H14ClF3N6O/c23-15-6-3-4-12-8-13(9-27-20-19-21(29-10-28-19)31-11-30-20)17(32-18(12)15)14-5-1-2-7-16(14)33-22(24,25)26/h1-8,10-11H,9H2,(H2,27,28,29,30,31). The van der Waals surface area contributed by atoms with Gasteiger partial charge in [0, 0.05) is 17.5 Å². The van der Waals surface area contributed by atoms with Gasteiger partial charge in [0.25, 0.3) is 0 Å². The summed E-state index contributed by atoms with van der Waals surface area (Å²) in [4.78, 5) is 20.1. The number of nitrogens with zero attached hydrogens (tertiary/aromatic N) is 4. The molecule has 33 heavy (non-hydrogen) atoms. The Labute approximate surface area is 189 Å². The summed E-state index contributed by atoms with van der Waals surface area (Å²) in [6.07, 6.45) is -1.97. The average Bonchev–Trinajstić information content (AvgIpc) is 3.26. The van der Waals surface area contributed by atoms with E-state index in [2.05, 4.69) is 35.0 Å². The van der Waals surface area contributed by atoms with Crippen molar-refractivity contribution in [2.75, 3.05) is 5.32 Å².